The third-order valence-corrected chi connectivity index (χ3v) is 3.81. The highest BCUT2D eigenvalue weighted by Gasteiger charge is 2.25. The zero-order valence-corrected chi connectivity index (χ0v) is 11.1. The summed E-state index contributed by atoms with van der Waals surface area (Å²) in [7, 11) is 1.94. The first-order valence-corrected chi connectivity index (χ1v) is 6.42. The molecule has 1 aliphatic rings. The third kappa shape index (κ3) is 2.38. The molecule has 0 aliphatic carbocycles. The highest BCUT2D eigenvalue weighted by Crippen LogP contribution is 2.28. The first-order valence-electron chi connectivity index (χ1n) is 5.54. The summed E-state index contributed by atoms with van der Waals surface area (Å²) in [6.07, 6.45) is 1.85. The Bertz CT molecular complexity index is 571. The van der Waals surface area contributed by atoms with E-state index in [-0.39, 0.29) is 0 Å². The number of para-hydroxylation sites is 1. The molecule has 0 unspecified atom stereocenters. The van der Waals surface area contributed by atoms with Crippen molar-refractivity contribution in [3.63, 3.8) is 0 Å². The van der Waals surface area contributed by atoms with Crippen molar-refractivity contribution in [1.82, 2.24) is 0 Å². The van der Waals surface area contributed by atoms with E-state index in [0.29, 0.717) is 5.57 Å². The van der Waals surface area contributed by atoms with Crippen LogP contribution < -0.4 is 0 Å². The van der Waals surface area contributed by atoms with E-state index in [1.54, 1.807) is 6.92 Å². The predicted molar refractivity (Wildman–Crippen MR) is 74.4 cm³/mol. The molecule has 0 amide bonds. The van der Waals surface area contributed by atoms with Crippen LogP contribution >= 0.6 is 11.8 Å². The van der Waals surface area contributed by atoms with Gasteiger partial charge in [-0.05, 0) is 30.2 Å². The molecule has 0 aromatic heterocycles. The van der Waals surface area contributed by atoms with Gasteiger partial charge in [-0.1, -0.05) is 18.2 Å². The van der Waals surface area contributed by atoms with Crippen LogP contribution in [0, 0.1) is 0 Å². The zero-order chi connectivity index (χ0) is 13.1. The molecule has 1 aliphatic heterocycles. The number of thioether (sulfide) groups is 1. The minimum absolute atomic E-state index is 0.369. The standard InChI is InChI=1S/C14H13NO2S/c1-10(14(16)17)12-8-9-18-13(12)15(2)11-6-4-3-5-7-11/h3-9H,1-2H3/p+1/b12-10+,15-13+. The monoisotopic (exact) mass is 260 g/mol. The summed E-state index contributed by atoms with van der Waals surface area (Å²) < 4.78 is 2.01. The molecule has 1 N–H and O–H groups in total. The number of aliphatic carboxylic acids is 1. The number of hydrogen-bond acceptors (Lipinski definition) is 2. The Kier molecular flexibility index (Phi) is 3.67. The Labute approximate surface area is 110 Å². The molecule has 0 saturated carbocycles. The summed E-state index contributed by atoms with van der Waals surface area (Å²) in [6, 6.07) is 9.89. The molecule has 0 fully saturated rings. The van der Waals surface area contributed by atoms with E-state index in [9.17, 15) is 4.79 Å². The van der Waals surface area contributed by atoms with Crippen LogP contribution in [0.5, 0.6) is 0 Å². The predicted octanol–water partition coefficient (Wildman–Crippen LogP) is 3.02. The van der Waals surface area contributed by atoms with Crippen molar-refractivity contribution in [2.24, 2.45) is 0 Å². The van der Waals surface area contributed by atoms with Crippen molar-refractivity contribution in [3.8, 4) is 0 Å². The van der Waals surface area contributed by atoms with Gasteiger partial charge in [-0.2, -0.15) is 4.58 Å². The molecule has 0 radical (unpaired) electrons. The Morgan fingerprint density at radius 3 is 2.56 bits per heavy atom. The maximum Gasteiger partial charge on any atom is 0.332 e. The molecule has 0 spiro atoms. The van der Waals surface area contributed by atoms with Crippen LogP contribution in [0.2, 0.25) is 0 Å². The number of carboxylic acids is 1. The van der Waals surface area contributed by atoms with E-state index >= 15 is 0 Å². The average Bonchev–Trinajstić information content (AvgIpc) is 2.87. The largest absolute Gasteiger partial charge is 0.478 e. The molecule has 92 valence electrons. The quantitative estimate of drug-likeness (QED) is 0.656. The summed E-state index contributed by atoms with van der Waals surface area (Å²) in [5.74, 6) is -0.879. The molecule has 3 nitrogen and oxygen atoms in total. The van der Waals surface area contributed by atoms with Crippen LogP contribution in [-0.4, -0.2) is 27.7 Å². The van der Waals surface area contributed by atoms with Crippen LogP contribution in [0.25, 0.3) is 0 Å². The fourth-order valence-electron chi connectivity index (χ4n) is 1.73. The van der Waals surface area contributed by atoms with Crippen molar-refractivity contribution in [2.75, 3.05) is 7.05 Å². The van der Waals surface area contributed by atoms with Crippen molar-refractivity contribution < 1.29 is 14.5 Å². The van der Waals surface area contributed by atoms with Crippen LogP contribution in [0.3, 0.4) is 0 Å². The van der Waals surface area contributed by atoms with E-state index in [4.69, 9.17) is 5.11 Å². The van der Waals surface area contributed by atoms with Gasteiger partial charge in [-0.3, -0.25) is 0 Å². The molecular weight excluding hydrogens is 246 g/mol. The van der Waals surface area contributed by atoms with Gasteiger partial charge >= 0.3 is 5.97 Å². The second-order valence-electron chi connectivity index (χ2n) is 3.96. The SMILES string of the molecule is C/C(C(=O)O)=C1/C=CS/C1=[N+](\C)c1ccccc1. The summed E-state index contributed by atoms with van der Waals surface area (Å²) in [4.78, 5) is 11.1. The lowest BCUT2D eigenvalue weighted by Gasteiger charge is -2.03. The number of nitrogens with zero attached hydrogens (tertiary/aromatic N) is 1. The highest BCUT2D eigenvalue weighted by atomic mass is 32.2. The van der Waals surface area contributed by atoms with Crippen LogP contribution in [0.4, 0.5) is 5.69 Å². The van der Waals surface area contributed by atoms with Crippen LogP contribution in [0.15, 0.2) is 53.0 Å². The fourth-order valence-corrected chi connectivity index (χ4v) is 2.68. The van der Waals surface area contributed by atoms with Gasteiger partial charge in [-0.25, -0.2) is 4.79 Å². The van der Waals surface area contributed by atoms with E-state index in [2.05, 4.69) is 0 Å². The van der Waals surface area contributed by atoms with Crippen molar-refractivity contribution >= 4 is 28.5 Å². The Hall–Kier alpha value is -1.81. The Morgan fingerprint density at radius 2 is 1.94 bits per heavy atom. The number of rotatable bonds is 2. The highest BCUT2D eigenvalue weighted by molar-refractivity contribution is 8.17. The molecular formula is C14H14NO2S+. The summed E-state index contributed by atoms with van der Waals surface area (Å²) >= 11 is 1.54. The Balaban J connectivity index is 2.51. The minimum atomic E-state index is -0.879. The van der Waals surface area contributed by atoms with Gasteiger partial charge in [-0.15, -0.1) is 0 Å². The van der Waals surface area contributed by atoms with Crippen LogP contribution in [0.1, 0.15) is 6.92 Å². The minimum Gasteiger partial charge on any atom is -0.478 e. The molecule has 1 aromatic carbocycles. The summed E-state index contributed by atoms with van der Waals surface area (Å²) in [5.41, 5.74) is 2.19. The lowest BCUT2D eigenvalue weighted by atomic mass is 10.1. The molecule has 4 heteroatoms. The molecule has 2 rings (SSSR count). The van der Waals surface area contributed by atoms with E-state index < -0.39 is 5.97 Å². The van der Waals surface area contributed by atoms with Gasteiger partial charge < -0.3 is 5.11 Å². The number of benzene rings is 1. The molecule has 0 atom stereocenters. The van der Waals surface area contributed by atoms with Gasteiger partial charge in [0.05, 0.1) is 5.57 Å². The normalized spacial score (nSPS) is 19.9. The van der Waals surface area contributed by atoms with E-state index in [0.717, 1.165) is 16.3 Å². The van der Waals surface area contributed by atoms with E-state index in [1.165, 1.54) is 11.8 Å². The summed E-state index contributed by atoms with van der Waals surface area (Å²) in [5, 5.41) is 11.9. The van der Waals surface area contributed by atoms with Crippen molar-refractivity contribution in [1.29, 1.82) is 0 Å². The molecule has 1 aromatic rings. The molecule has 0 bridgehead atoms. The molecule has 18 heavy (non-hydrogen) atoms. The number of carbonyl (C=O) groups is 1. The first kappa shape index (κ1) is 12.6. The fraction of sp³-hybridized carbons (Fsp3) is 0.143. The first-order chi connectivity index (χ1) is 8.61. The number of hydrogen-bond donors (Lipinski definition) is 1. The molecule has 0 saturated heterocycles. The van der Waals surface area contributed by atoms with Gasteiger partial charge in [0, 0.05) is 17.7 Å². The average molecular weight is 260 g/mol. The third-order valence-electron chi connectivity index (χ3n) is 2.82. The summed E-state index contributed by atoms with van der Waals surface area (Å²) in [6.45, 7) is 1.63. The number of carboxylic acid groups (broad SMARTS) is 1. The van der Waals surface area contributed by atoms with Gasteiger partial charge in [0.1, 0.15) is 7.05 Å². The van der Waals surface area contributed by atoms with Crippen molar-refractivity contribution in [3.05, 3.63) is 53.0 Å². The topological polar surface area (TPSA) is 40.3 Å². The maximum atomic E-state index is 11.1. The van der Waals surface area contributed by atoms with Crippen LogP contribution in [-0.2, 0) is 4.79 Å². The lowest BCUT2D eigenvalue weighted by Crippen LogP contribution is -2.12. The van der Waals surface area contributed by atoms with Crippen molar-refractivity contribution in [2.45, 2.75) is 6.92 Å². The number of allylic oxidation sites excluding steroid dienone is 1. The Morgan fingerprint density at radius 1 is 1.28 bits per heavy atom. The second-order valence-corrected chi connectivity index (χ2v) is 4.86. The van der Waals surface area contributed by atoms with Gasteiger partial charge in [0.25, 0.3) is 5.04 Å². The second kappa shape index (κ2) is 5.23. The van der Waals surface area contributed by atoms with E-state index in [1.807, 2.05) is 53.4 Å². The van der Waals surface area contributed by atoms with Gasteiger partial charge in [0.2, 0.25) is 5.69 Å². The van der Waals surface area contributed by atoms with Gasteiger partial charge in [0.15, 0.2) is 0 Å². The lowest BCUT2D eigenvalue weighted by molar-refractivity contribution is -0.401. The maximum absolute atomic E-state index is 11.1. The molecule has 1 heterocycles. The smallest absolute Gasteiger partial charge is 0.332 e. The zero-order valence-electron chi connectivity index (χ0n) is 10.3.